The van der Waals surface area contributed by atoms with E-state index in [0.29, 0.717) is 19.5 Å². The number of ether oxygens (including phenoxy) is 1. The number of rotatable bonds is 5. The maximum absolute atomic E-state index is 14.1. The van der Waals surface area contributed by atoms with E-state index in [9.17, 15) is 9.18 Å². The number of nitrogens with zero attached hydrogens (tertiary/aromatic N) is 3. The van der Waals surface area contributed by atoms with E-state index in [4.69, 9.17) is 9.72 Å². The van der Waals surface area contributed by atoms with Gasteiger partial charge in [0.25, 0.3) is 0 Å². The molecule has 0 N–H and O–H groups in total. The Bertz CT molecular complexity index is 1320. The lowest BCUT2D eigenvalue weighted by Gasteiger charge is -2.34. The van der Waals surface area contributed by atoms with E-state index in [1.54, 1.807) is 19.2 Å². The second kappa shape index (κ2) is 9.29. The normalized spacial score (nSPS) is 14.5. The molecule has 1 amide bonds. The summed E-state index contributed by atoms with van der Waals surface area (Å²) in [5, 5.41) is 0. The molecule has 0 radical (unpaired) electrons. The molecule has 0 spiro atoms. The minimum Gasteiger partial charge on any atom is -0.496 e. The molecule has 0 unspecified atom stereocenters. The number of halogens is 1. The molecule has 0 aliphatic carbocycles. The van der Waals surface area contributed by atoms with E-state index in [2.05, 4.69) is 4.57 Å². The molecule has 5 rings (SSSR count). The maximum Gasteiger partial charge on any atom is 0.226 e. The van der Waals surface area contributed by atoms with Gasteiger partial charge in [0.15, 0.2) is 0 Å². The van der Waals surface area contributed by atoms with Crippen molar-refractivity contribution >= 4 is 16.9 Å². The molecule has 3 aromatic carbocycles. The molecule has 4 aromatic rings. The molecule has 0 atom stereocenters. The lowest BCUT2D eigenvalue weighted by atomic mass is 10.0. The van der Waals surface area contributed by atoms with Crippen molar-refractivity contribution in [2.45, 2.75) is 32.2 Å². The second-order valence-electron chi connectivity index (χ2n) is 8.90. The van der Waals surface area contributed by atoms with E-state index in [1.165, 1.54) is 6.07 Å². The molecule has 6 heteroatoms. The molecule has 5 nitrogen and oxygen atoms in total. The Labute approximate surface area is 198 Å². The number of carbonyl (C=O) groups is 1. The lowest BCUT2D eigenvalue weighted by molar-refractivity contribution is -0.131. The van der Waals surface area contributed by atoms with Crippen molar-refractivity contribution in [3.8, 4) is 17.1 Å². The first-order valence-electron chi connectivity index (χ1n) is 11.7. The van der Waals surface area contributed by atoms with Crippen LogP contribution in [0.15, 0.2) is 66.7 Å². The summed E-state index contributed by atoms with van der Waals surface area (Å²) in [7, 11) is 1.65. The number of imidazole rings is 1. The summed E-state index contributed by atoms with van der Waals surface area (Å²) in [6.07, 6.45) is 1.98. The first kappa shape index (κ1) is 22.1. The third-order valence-electron chi connectivity index (χ3n) is 6.68. The number of amides is 1. The summed E-state index contributed by atoms with van der Waals surface area (Å²) in [5.74, 6) is 1.54. The number of piperidine rings is 1. The third kappa shape index (κ3) is 4.28. The molecule has 0 saturated carbocycles. The largest absolute Gasteiger partial charge is 0.496 e. The molecule has 1 aromatic heterocycles. The highest BCUT2D eigenvalue weighted by atomic mass is 19.1. The Balaban J connectivity index is 1.35. The molecule has 0 bridgehead atoms. The van der Waals surface area contributed by atoms with Crippen LogP contribution in [0.4, 0.5) is 4.39 Å². The highest BCUT2D eigenvalue weighted by Gasteiger charge is 2.27. The summed E-state index contributed by atoms with van der Waals surface area (Å²) >= 11 is 0. The Kier molecular flexibility index (Phi) is 6.05. The molecule has 1 aliphatic rings. The van der Waals surface area contributed by atoms with Gasteiger partial charge in [-0.2, -0.15) is 0 Å². The summed E-state index contributed by atoms with van der Waals surface area (Å²) in [6.45, 7) is 3.32. The van der Waals surface area contributed by atoms with Gasteiger partial charge in [-0.05, 0) is 55.2 Å². The van der Waals surface area contributed by atoms with E-state index in [1.807, 2.05) is 60.4 Å². The van der Waals surface area contributed by atoms with Gasteiger partial charge in [-0.3, -0.25) is 4.79 Å². The predicted molar refractivity (Wildman–Crippen MR) is 131 cm³/mol. The molecule has 1 saturated heterocycles. The summed E-state index contributed by atoms with van der Waals surface area (Å²) in [4.78, 5) is 19.8. The Hall–Kier alpha value is -3.67. The van der Waals surface area contributed by atoms with Crippen LogP contribution in [0.3, 0.4) is 0 Å². The van der Waals surface area contributed by atoms with E-state index in [-0.39, 0.29) is 17.8 Å². The van der Waals surface area contributed by atoms with E-state index in [0.717, 1.165) is 52.1 Å². The third-order valence-corrected chi connectivity index (χ3v) is 6.68. The fourth-order valence-corrected chi connectivity index (χ4v) is 4.94. The quantitative estimate of drug-likeness (QED) is 0.394. The first-order valence-corrected chi connectivity index (χ1v) is 11.7. The fraction of sp³-hybridized carbons (Fsp3) is 0.286. The highest BCUT2D eigenvalue weighted by Crippen LogP contribution is 2.34. The Morgan fingerprint density at radius 2 is 1.82 bits per heavy atom. The standard InChI is InChI=1S/C28H28FN3O2/c1-19-16-20(8-11-26(19)34-2)17-27(33)31-14-12-23(13-15-31)32-25-18-22(29)9-10-24(25)30-28(32)21-6-4-3-5-7-21/h3-11,16,18,23H,12-15,17H2,1-2H3. The van der Waals surface area contributed by atoms with Crippen molar-refractivity contribution in [3.63, 3.8) is 0 Å². The van der Waals surface area contributed by atoms with Crippen LogP contribution in [0.2, 0.25) is 0 Å². The summed E-state index contributed by atoms with van der Waals surface area (Å²) < 4.78 is 21.6. The van der Waals surface area contributed by atoms with E-state index >= 15 is 0 Å². The number of hydrogen-bond donors (Lipinski definition) is 0. The van der Waals surface area contributed by atoms with Gasteiger partial charge < -0.3 is 14.2 Å². The SMILES string of the molecule is COc1ccc(CC(=O)N2CCC(n3c(-c4ccccc4)nc4ccc(F)cc43)CC2)cc1C. The van der Waals surface area contributed by atoms with Crippen LogP contribution in [0.1, 0.15) is 30.0 Å². The molecule has 174 valence electrons. The van der Waals surface area contributed by atoms with E-state index < -0.39 is 0 Å². The van der Waals surface area contributed by atoms with Crippen LogP contribution in [0, 0.1) is 12.7 Å². The number of methoxy groups -OCH3 is 1. The van der Waals surface area contributed by atoms with Crippen LogP contribution in [0.25, 0.3) is 22.4 Å². The number of aryl methyl sites for hydroxylation is 1. The number of aromatic nitrogens is 2. The minimum absolute atomic E-state index is 0.132. The van der Waals surface area contributed by atoms with Crippen LogP contribution in [-0.2, 0) is 11.2 Å². The zero-order valence-electron chi connectivity index (χ0n) is 19.5. The smallest absolute Gasteiger partial charge is 0.226 e. The Morgan fingerprint density at radius 1 is 1.06 bits per heavy atom. The van der Waals surface area contributed by atoms with Gasteiger partial charge >= 0.3 is 0 Å². The number of likely N-dealkylation sites (tertiary alicyclic amines) is 1. The van der Waals surface area contributed by atoms with Gasteiger partial charge in [-0.15, -0.1) is 0 Å². The number of fused-ring (bicyclic) bond motifs is 1. The van der Waals surface area contributed by atoms with Crippen molar-refractivity contribution in [1.82, 2.24) is 14.5 Å². The molecule has 34 heavy (non-hydrogen) atoms. The molecule has 1 fully saturated rings. The molecule has 1 aliphatic heterocycles. The Morgan fingerprint density at radius 3 is 2.53 bits per heavy atom. The lowest BCUT2D eigenvalue weighted by Crippen LogP contribution is -2.40. The maximum atomic E-state index is 14.1. The van der Waals surface area contributed by atoms with Gasteiger partial charge in [0, 0.05) is 24.7 Å². The predicted octanol–water partition coefficient (Wildman–Crippen LogP) is 5.57. The number of benzene rings is 3. The number of hydrogen-bond acceptors (Lipinski definition) is 3. The van der Waals surface area contributed by atoms with Crippen molar-refractivity contribution in [2.24, 2.45) is 0 Å². The van der Waals surface area contributed by atoms with Crippen LogP contribution in [-0.4, -0.2) is 40.6 Å². The number of carbonyl (C=O) groups excluding carboxylic acids is 1. The van der Waals surface area contributed by atoms with Gasteiger partial charge in [-0.25, -0.2) is 9.37 Å². The molecular formula is C28H28FN3O2. The van der Waals surface area contributed by atoms with Gasteiger partial charge in [0.2, 0.25) is 5.91 Å². The second-order valence-corrected chi connectivity index (χ2v) is 8.90. The average molecular weight is 458 g/mol. The van der Waals surface area contributed by atoms with Crippen molar-refractivity contribution in [3.05, 3.63) is 83.7 Å². The highest BCUT2D eigenvalue weighted by molar-refractivity contribution is 5.81. The minimum atomic E-state index is -0.268. The monoisotopic (exact) mass is 457 g/mol. The van der Waals surface area contributed by atoms with Gasteiger partial charge in [-0.1, -0.05) is 42.5 Å². The van der Waals surface area contributed by atoms with Gasteiger partial charge in [0.05, 0.1) is 24.6 Å². The van der Waals surface area contributed by atoms with Crippen molar-refractivity contribution < 1.29 is 13.9 Å². The van der Waals surface area contributed by atoms with Gasteiger partial charge in [0.1, 0.15) is 17.4 Å². The molecule has 2 heterocycles. The fourth-order valence-electron chi connectivity index (χ4n) is 4.94. The zero-order valence-corrected chi connectivity index (χ0v) is 19.5. The van der Waals surface area contributed by atoms with Crippen LogP contribution >= 0.6 is 0 Å². The summed E-state index contributed by atoms with van der Waals surface area (Å²) in [6, 6.07) is 20.8. The first-order chi connectivity index (χ1) is 16.5. The van der Waals surface area contributed by atoms with Crippen molar-refractivity contribution in [1.29, 1.82) is 0 Å². The van der Waals surface area contributed by atoms with Crippen LogP contribution in [0.5, 0.6) is 5.75 Å². The van der Waals surface area contributed by atoms with Crippen LogP contribution < -0.4 is 4.74 Å². The summed E-state index contributed by atoms with van der Waals surface area (Å²) in [5.41, 5.74) is 4.62. The average Bonchev–Trinajstić information content (AvgIpc) is 3.23. The zero-order chi connectivity index (χ0) is 23.7. The van der Waals surface area contributed by atoms with Crippen molar-refractivity contribution in [2.75, 3.05) is 20.2 Å². The topological polar surface area (TPSA) is 47.4 Å². The molecular weight excluding hydrogens is 429 g/mol.